The van der Waals surface area contributed by atoms with Gasteiger partial charge in [0.25, 0.3) is 0 Å². The van der Waals surface area contributed by atoms with Crippen LogP contribution in [0, 0.1) is 0 Å². The van der Waals surface area contributed by atoms with Crippen molar-refractivity contribution in [2.24, 2.45) is 5.73 Å². The van der Waals surface area contributed by atoms with Crippen molar-refractivity contribution in [3.63, 3.8) is 0 Å². The molecule has 13 heavy (non-hydrogen) atoms. The first-order chi connectivity index (χ1) is 6.20. The molecule has 0 bridgehead atoms. The van der Waals surface area contributed by atoms with Gasteiger partial charge in [0.1, 0.15) is 0 Å². The molecule has 0 aromatic rings. The van der Waals surface area contributed by atoms with Crippen molar-refractivity contribution in [2.75, 3.05) is 13.1 Å². The fourth-order valence-corrected chi connectivity index (χ4v) is 1.87. The number of nitrogens with two attached hydrogens (primary N) is 1. The van der Waals surface area contributed by atoms with E-state index in [1.54, 1.807) is 0 Å². The van der Waals surface area contributed by atoms with E-state index in [-0.39, 0.29) is 5.54 Å². The molecule has 0 spiro atoms. The zero-order valence-electron chi connectivity index (χ0n) is 8.09. The molecule has 1 aliphatic heterocycles. The molecule has 3 heteroatoms. The molecule has 74 valence electrons. The van der Waals surface area contributed by atoms with Gasteiger partial charge in [-0.05, 0) is 32.1 Å². The molecule has 2 N–H and O–H groups in total. The summed E-state index contributed by atoms with van der Waals surface area (Å²) in [6, 6.07) is 0. The van der Waals surface area contributed by atoms with Crippen LogP contribution in [-0.2, 0) is 4.79 Å². The van der Waals surface area contributed by atoms with Crippen LogP contribution in [-0.4, -0.2) is 29.4 Å². The van der Waals surface area contributed by atoms with Crippen molar-refractivity contribution >= 4 is 5.91 Å². The molecule has 0 aromatic carbocycles. The van der Waals surface area contributed by atoms with Gasteiger partial charge in [0, 0.05) is 25.0 Å². The maximum atomic E-state index is 11.4. The number of amides is 1. The van der Waals surface area contributed by atoms with E-state index in [2.05, 4.69) is 0 Å². The second-order valence-corrected chi connectivity index (χ2v) is 4.45. The highest BCUT2D eigenvalue weighted by molar-refractivity contribution is 5.76. The summed E-state index contributed by atoms with van der Waals surface area (Å²) in [5, 5.41) is 0. The first-order valence-corrected chi connectivity index (χ1v) is 5.26. The van der Waals surface area contributed by atoms with Crippen molar-refractivity contribution in [2.45, 2.75) is 44.1 Å². The molecule has 1 saturated carbocycles. The minimum absolute atomic E-state index is 0.0950. The third-order valence-corrected chi connectivity index (χ3v) is 3.19. The van der Waals surface area contributed by atoms with Crippen LogP contribution in [0.2, 0.25) is 0 Å². The number of carbonyl (C=O) groups excluding carboxylic acids is 1. The zero-order chi connectivity index (χ0) is 9.31. The SMILES string of the molecule is NC1(CCN2CCCCC2=O)CC1. The average molecular weight is 182 g/mol. The molecule has 1 aliphatic carbocycles. The summed E-state index contributed by atoms with van der Waals surface area (Å²) in [5.74, 6) is 0.329. The predicted molar refractivity (Wildman–Crippen MR) is 51.2 cm³/mol. The van der Waals surface area contributed by atoms with E-state index in [4.69, 9.17) is 5.73 Å². The zero-order valence-corrected chi connectivity index (χ0v) is 8.09. The molecular weight excluding hydrogens is 164 g/mol. The van der Waals surface area contributed by atoms with E-state index in [1.165, 1.54) is 6.42 Å². The van der Waals surface area contributed by atoms with Gasteiger partial charge in [-0.3, -0.25) is 4.79 Å². The molecule has 3 nitrogen and oxygen atoms in total. The molecule has 2 fully saturated rings. The molecule has 0 atom stereocenters. The van der Waals surface area contributed by atoms with E-state index in [0.717, 1.165) is 45.2 Å². The third kappa shape index (κ3) is 2.21. The van der Waals surface area contributed by atoms with Gasteiger partial charge in [-0.15, -0.1) is 0 Å². The normalized spacial score (nSPS) is 26.2. The van der Waals surface area contributed by atoms with Gasteiger partial charge in [-0.25, -0.2) is 0 Å². The highest BCUT2D eigenvalue weighted by atomic mass is 16.2. The van der Waals surface area contributed by atoms with Gasteiger partial charge in [-0.1, -0.05) is 0 Å². The molecule has 2 aliphatic rings. The highest BCUT2D eigenvalue weighted by Crippen LogP contribution is 2.35. The fourth-order valence-electron chi connectivity index (χ4n) is 1.87. The lowest BCUT2D eigenvalue weighted by atomic mass is 10.1. The van der Waals surface area contributed by atoms with Crippen LogP contribution in [0.15, 0.2) is 0 Å². The van der Waals surface area contributed by atoms with Gasteiger partial charge in [0.15, 0.2) is 0 Å². The second-order valence-electron chi connectivity index (χ2n) is 4.45. The minimum atomic E-state index is 0.0950. The third-order valence-electron chi connectivity index (χ3n) is 3.19. The van der Waals surface area contributed by atoms with Crippen molar-refractivity contribution in [1.82, 2.24) is 4.90 Å². The summed E-state index contributed by atoms with van der Waals surface area (Å²) in [5.41, 5.74) is 6.07. The monoisotopic (exact) mass is 182 g/mol. The number of likely N-dealkylation sites (tertiary alicyclic amines) is 1. The number of hydrogen-bond acceptors (Lipinski definition) is 2. The second kappa shape index (κ2) is 3.29. The average Bonchev–Trinajstić information content (AvgIpc) is 2.83. The minimum Gasteiger partial charge on any atom is -0.343 e. The van der Waals surface area contributed by atoms with Crippen molar-refractivity contribution in [3.8, 4) is 0 Å². The van der Waals surface area contributed by atoms with Crippen molar-refractivity contribution < 1.29 is 4.79 Å². The van der Waals surface area contributed by atoms with Gasteiger partial charge in [-0.2, -0.15) is 0 Å². The Bertz CT molecular complexity index is 211. The van der Waals surface area contributed by atoms with E-state index in [9.17, 15) is 4.79 Å². The van der Waals surface area contributed by atoms with Crippen LogP contribution >= 0.6 is 0 Å². The van der Waals surface area contributed by atoms with E-state index in [1.807, 2.05) is 4.90 Å². The van der Waals surface area contributed by atoms with Crippen molar-refractivity contribution in [3.05, 3.63) is 0 Å². The Labute approximate surface area is 79.3 Å². The summed E-state index contributed by atoms with van der Waals surface area (Å²) in [4.78, 5) is 13.4. The molecule has 1 amide bonds. The maximum absolute atomic E-state index is 11.4. The van der Waals surface area contributed by atoms with Gasteiger partial charge < -0.3 is 10.6 Å². The Balaban J connectivity index is 1.76. The number of carbonyl (C=O) groups is 1. The van der Waals surface area contributed by atoms with Gasteiger partial charge >= 0.3 is 0 Å². The first kappa shape index (κ1) is 9.00. The van der Waals surface area contributed by atoms with Crippen LogP contribution in [0.3, 0.4) is 0 Å². The van der Waals surface area contributed by atoms with Crippen molar-refractivity contribution in [1.29, 1.82) is 0 Å². The summed E-state index contributed by atoms with van der Waals surface area (Å²) in [7, 11) is 0. The lowest BCUT2D eigenvalue weighted by Gasteiger charge is -2.27. The Kier molecular flexibility index (Phi) is 2.28. The molecule has 2 rings (SSSR count). The summed E-state index contributed by atoms with van der Waals surface area (Å²) in [6.45, 7) is 1.84. The van der Waals surface area contributed by atoms with Crippen LogP contribution < -0.4 is 5.73 Å². The van der Waals surface area contributed by atoms with Crippen LogP contribution in [0.4, 0.5) is 0 Å². The number of nitrogens with zero attached hydrogens (tertiary/aromatic N) is 1. The summed E-state index contributed by atoms with van der Waals surface area (Å²) < 4.78 is 0. The standard InChI is InChI=1S/C10H18N2O/c11-10(4-5-10)6-8-12-7-2-1-3-9(12)13/h1-8,11H2. The Hall–Kier alpha value is -0.570. The lowest BCUT2D eigenvalue weighted by Crippen LogP contribution is -2.38. The molecular formula is C10H18N2O. The summed E-state index contributed by atoms with van der Waals surface area (Å²) in [6.07, 6.45) is 6.28. The number of piperidine rings is 1. The molecule has 0 unspecified atom stereocenters. The van der Waals surface area contributed by atoms with Gasteiger partial charge in [0.05, 0.1) is 0 Å². The number of hydrogen-bond donors (Lipinski definition) is 1. The Morgan fingerprint density at radius 1 is 1.38 bits per heavy atom. The van der Waals surface area contributed by atoms with E-state index >= 15 is 0 Å². The van der Waals surface area contributed by atoms with E-state index in [0.29, 0.717) is 5.91 Å². The molecule has 1 saturated heterocycles. The quantitative estimate of drug-likeness (QED) is 0.704. The smallest absolute Gasteiger partial charge is 0.222 e. The predicted octanol–water partition coefficient (Wildman–Crippen LogP) is 0.880. The Morgan fingerprint density at radius 3 is 2.77 bits per heavy atom. The highest BCUT2D eigenvalue weighted by Gasteiger charge is 2.38. The van der Waals surface area contributed by atoms with Crippen LogP contribution in [0.5, 0.6) is 0 Å². The lowest BCUT2D eigenvalue weighted by molar-refractivity contribution is -0.133. The molecule has 0 radical (unpaired) electrons. The topological polar surface area (TPSA) is 46.3 Å². The number of rotatable bonds is 3. The van der Waals surface area contributed by atoms with Gasteiger partial charge in [0.2, 0.25) is 5.91 Å². The fraction of sp³-hybridized carbons (Fsp3) is 0.900. The molecule has 1 heterocycles. The first-order valence-electron chi connectivity index (χ1n) is 5.26. The molecule has 0 aromatic heterocycles. The summed E-state index contributed by atoms with van der Waals surface area (Å²) >= 11 is 0. The largest absolute Gasteiger partial charge is 0.343 e. The van der Waals surface area contributed by atoms with Crippen LogP contribution in [0.25, 0.3) is 0 Å². The Morgan fingerprint density at radius 2 is 2.15 bits per heavy atom. The maximum Gasteiger partial charge on any atom is 0.222 e. The van der Waals surface area contributed by atoms with Crippen LogP contribution in [0.1, 0.15) is 38.5 Å². The van der Waals surface area contributed by atoms with E-state index < -0.39 is 0 Å².